The SMILES string of the molecule is COc1ccc(COCC[C@@H](C=O)OC)cc1. The summed E-state index contributed by atoms with van der Waals surface area (Å²) in [4.78, 5) is 10.5. The molecule has 0 spiro atoms. The van der Waals surface area contributed by atoms with E-state index in [0.717, 1.165) is 17.6 Å². The molecule has 0 aliphatic heterocycles. The summed E-state index contributed by atoms with van der Waals surface area (Å²) in [6, 6.07) is 7.68. The van der Waals surface area contributed by atoms with E-state index in [2.05, 4.69) is 0 Å². The van der Waals surface area contributed by atoms with E-state index in [-0.39, 0.29) is 6.10 Å². The van der Waals surface area contributed by atoms with E-state index in [0.29, 0.717) is 19.6 Å². The van der Waals surface area contributed by atoms with Crippen LogP contribution in [0.4, 0.5) is 0 Å². The summed E-state index contributed by atoms with van der Waals surface area (Å²) in [5, 5.41) is 0. The highest BCUT2D eigenvalue weighted by Gasteiger charge is 2.04. The molecule has 0 unspecified atom stereocenters. The van der Waals surface area contributed by atoms with E-state index in [1.54, 1.807) is 7.11 Å². The summed E-state index contributed by atoms with van der Waals surface area (Å²) in [5.41, 5.74) is 1.07. The molecule has 0 aliphatic carbocycles. The van der Waals surface area contributed by atoms with E-state index in [1.165, 1.54) is 7.11 Å². The standard InChI is InChI=1S/C13H18O4/c1-15-12-5-3-11(4-6-12)10-17-8-7-13(9-14)16-2/h3-6,9,13H,7-8,10H2,1-2H3/t13-/m0/s1. The topological polar surface area (TPSA) is 44.8 Å². The molecule has 0 saturated carbocycles. The maximum atomic E-state index is 10.5. The molecule has 1 aromatic rings. The monoisotopic (exact) mass is 238 g/mol. The van der Waals surface area contributed by atoms with Crippen molar-refractivity contribution < 1.29 is 19.0 Å². The van der Waals surface area contributed by atoms with Gasteiger partial charge in [0.1, 0.15) is 18.1 Å². The quantitative estimate of drug-likeness (QED) is 0.512. The highest BCUT2D eigenvalue weighted by atomic mass is 16.5. The van der Waals surface area contributed by atoms with Gasteiger partial charge >= 0.3 is 0 Å². The van der Waals surface area contributed by atoms with Crippen LogP contribution in [0.25, 0.3) is 0 Å². The molecule has 0 saturated heterocycles. The molecule has 1 atom stereocenters. The Balaban J connectivity index is 2.23. The van der Waals surface area contributed by atoms with Crippen molar-refractivity contribution in [1.82, 2.24) is 0 Å². The Hall–Kier alpha value is -1.39. The summed E-state index contributed by atoms with van der Waals surface area (Å²) < 4.78 is 15.4. The second kappa shape index (κ2) is 7.81. The average molecular weight is 238 g/mol. The van der Waals surface area contributed by atoms with Crippen LogP contribution in [0.5, 0.6) is 5.75 Å². The number of benzene rings is 1. The van der Waals surface area contributed by atoms with Crippen molar-refractivity contribution >= 4 is 6.29 Å². The lowest BCUT2D eigenvalue weighted by Crippen LogP contribution is -2.14. The van der Waals surface area contributed by atoms with Gasteiger partial charge in [-0.1, -0.05) is 12.1 Å². The van der Waals surface area contributed by atoms with Crippen LogP contribution < -0.4 is 4.74 Å². The molecule has 0 fully saturated rings. The van der Waals surface area contributed by atoms with Gasteiger partial charge in [0, 0.05) is 20.1 Å². The Morgan fingerprint density at radius 1 is 1.24 bits per heavy atom. The molecule has 4 nitrogen and oxygen atoms in total. The van der Waals surface area contributed by atoms with Crippen molar-refractivity contribution in [2.45, 2.75) is 19.1 Å². The molecule has 0 aromatic heterocycles. The van der Waals surface area contributed by atoms with Gasteiger partial charge in [-0.15, -0.1) is 0 Å². The van der Waals surface area contributed by atoms with Crippen molar-refractivity contribution in [3.8, 4) is 5.75 Å². The Labute approximate surface area is 101 Å². The largest absolute Gasteiger partial charge is 0.497 e. The number of carbonyl (C=O) groups excluding carboxylic acids is 1. The van der Waals surface area contributed by atoms with Crippen LogP contribution in [0.15, 0.2) is 24.3 Å². The van der Waals surface area contributed by atoms with Crippen molar-refractivity contribution in [1.29, 1.82) is 0 Å². The zero-order chi connectivity index (χ0) is 12.5. The van der Waals surface area contributed by atoms with Gasteiger partial charge < -0.3 is 19.0 Å². The molecule has 1 aromatic carbocycles. The molecule has 1 rings (SSSR count). The zero-order valence-corrected chi connectivity index (χ0v) is 10.2. The summed E-state index contributed by atoms with van der Waals surface area (Å²) in [5.74, 6) is 0.828. The minimum atomic E-state index is -0.370. The maximum absolute atomic E-state index is 10.5. The molecule has 4 heteroatoms. The fraction of sp³-hybridized carbons (Fsp3) is 0.462. The number of aldehydes is 1. The second-order valence-electron chi connectivity index (χ2n) is 3.60. The van der Waals surface area contributed by atoms with E-state index < -0.39 is 0 Å². The van der Waals surface area contributed by atoms with E-state index in [9.17, 15) is 4.79 Å². The van der Waals surface area contributed by atoms with Gasteiger partial charge in [-0.2, -0.15) is 0 Å². The van der Waals surface area contributed by atoms with Gasteiger partial charge in [-0.25, -0.2) is 0 Å². The number of hydrogen-bond donors (Lipinski definition) is 0. The van der Waals surface area contributed by atoms with E-state index >= 15 is 0 Å². The first-order valence-corrected chi connectivity index (χ1v) is 5.49. The number of ether oxygens (including phenoxy) is 3. The molecular formula is C13H18O4. The van der Waals surface area contributed by atoms with Crippen LogP contribution in [-0.2, 0) is 20.9 Å². The molecule has 0 amide bonds. The molecule has 17 heavy (non-hydrogen) atoms. The van der Waals surface area contributed by atoms with Crippen LogP contribution in [0.1, 0.15) is 12.0 Å². The molecule has 0 aliphatic rings. The number of hydrogen-bond acceptors (Lipinski definition) is 4. The summed E-state index contributed by atoms with van der Waals surface area (Å²) in [6.45, 7) is 1.03. The van der Waals surface area contributed by atoms with Crippen LogP contribution >= 0.6 is 0 Å². The summed E-state index contributed by atoms with van der Waals surface area (Å²) in [7, 11) is 3.15. The van der Waals surface area contributed by atoms with Gasteiger partial charge in [-0.05, 0) is 17.7 Å². The van der Waals surface area contributed by atoms with Crippen molar-refractivity contribution in [3.63, 3.8) is 0 Å². The predicted octanol–water partition coefficient (Wildman–Crippen LogP) is 1.82. The lowest BCUT2D eigenvalue weighted by Gasteiger charge is -2.09. The third-order valence-corrected chi connectivity index (χ3v) is 2.43. The van der Waals surface area contributed by atoms with Crippen LogP contribution in [0.3, 0.4) is 0 Å². The number of rotatable bonds is 8. The number of carbonyl (C=O) groups is 1. The van der Waals surface area contributed by atoms with Crippen LogP contribution in [-0.4, -0.2) is 33.2 Å². The highest BCUT2D eigenvalue weighted by Crippen LogP contribution is 2.12. The first-order valence-electron chi connectivity index (χ1n) is 5.49. The lowest BCUT2D eigenvalue weighted by molar-refractivity contribution is -0.117. The minimum Gasteiger partial charge on any atom is -0.497 e. The smallest absolute Gasteiger partial charge is 0.148 e. The summed E-state index contributed by atoms with van der Waals surface area (Å²) in [6.07, 6.45) is 0.998. The number of methoxy groups -OCH3 is 2. The molecule has 0 heterocycles. The Kier molecular flexibility index (Phi) is 6.29. The fourth-order valence-electron chi connectivity index (χ4n) is 1.35. The molecule has 0 N–H and O–H groups in total. The third kappa shape index (κ3) is 4.97. The van der Waals surface area contributed by atoms with Gasteiger partial charge in [0.2, 0.25) is 0 Å². The van der Waals surface area contributed by atoms with E-state index in [4.69, 9.17) is 14.2 Å². The Morgan fingerprint density at radius 2 is 1.94 bits per heavy atom. The lowest BCUT2D eigenvalue weighted by atomic mass is 10.2. The summed E-state index contributed by atoms with van der Waals surface area (Å²) >= 11 is 0. The highest BCUT2D eigenvalue weighted by molar-refractivity contribution is 5.55. The predicted molar refractivity (Wildman–Crippen MR) is 64.1 cm³/mol. The molecule has 94 valence electrons. The maximum Gasteiger partial charge on any atom is 0.148 e. The normalized spacial score (nSPS) is 12.1. The van der Waals surface area contributed by atoms with E-state index in [1.807, 2.05) is 24.3 Å². The molecule has 0 bridgehead atoms. The average Bonchev–Trinajstić information content (AvgIpc) is 2.40. The van der Waals surface area contributed by atoms with Gasteiger partial charge in [0.25, 0.3) is 0 Å². The van der Waals surface area contributed by atoms with Crippen molar-refractivity contribution in [2.75, 3.05) is 20.8 Å². The first kappa shape index (κ1) is 13.7. The fourth-order valence-corrected chi connectivity index (χ4v) is 1.35. The van der Waals surface area contributed by atoms with Gasteiger partial charge in [0.05, 0.1) is 13.7 Å². The van der Waals surface area contributed by atoms with Gasteiger partial charge in [-0.3, -0.25) is 0 Å². The Bertz CT molecular complexity index is 321. The second-order valence-corrected chi connectivity index (χ2v) is 3.60. The first-order chi connectivity index (χ1) is 8.30. The zero-order valence-electron chi connectivity index (χ0n) is 10.2. The molecule has 0 radical (unpaired) electrons. The van der Waals surface area contributed by atoms with Crippen molar-refractivity contribution in [3.05, 3.63) is 29.8 Å². The third-order valence-electron chi connectivity index (χ3n) is 2.43. The minimum absolute atomic E-state index is 0.370. The van der Waals surface area contributed by atoms with Crippen LogP contribution in [0, 0.1) is 0 Å². The van der Waals surface area contributed by atoms with Crippen LogP contribution in [0.2, 0.25) is 0 Å². The molecular weight excluding hydrogens is 220 g/mol. The van der Waals surface area contributed by atoms with Gasteiger partial charge in [0.15, 0.2) is 0 Å². The Morgan fingerprint density at radius 3 is 2.47 bits per heavy atom. The van der Waals surface area contributed by atoms with Crippen molar-refractivity contribution in [2.24, 2.45) is 0 Å².